The monoisotopic (exact) mass is 185 g/mol. The summed E-state index contributed by atoms with van der Waals surface area (Å²) in [5, 5.41) is 12.3. The maximum atomic E-state index is 10.9. The molecule has 0 spiro atoms. The van der Waals surface area contributed by atoms with Gasteiger partial charge in [-0.15, -0.1) is 0 Å². The first-order chi connectivity index (χ1) is 6.07. The summed E-state index contributed by atoms with van der Waals surface area (Å²) in [6, 6.07) is 0. The van der Waals surface area contributed by atoms with Gasteiger partial charge in [-0.2, -0.15) is 0 Å². The number of rotatable bonds is 3. The molecule has 13 heavy (non-hydrogen) atoms. The summed E-state index contributed by atoms with van der Waals surface area (Å²) in [7, 11) is 0. The fourth-order valence-electron chi connectivity index (χ4n) is 1.25. The summed E-state index contributed by atoms with van der Waals surface area (Å²) in [6.07, 6.45) is 0.412. The third-order valence-corrected chi connectivity index (χ3v) is 2.10. The second-order valence-electron chi connectivity index (χ2n) is 2.95. The molecule has 0 fully saturated rings. The first kappa shape index (κ1) is 9.70. The number of hydrogen-bond acceptors (Lipinski definition) is 4. The smallest absolute Gasteiger partial charge is 0.343 e. The zero-order valence-electron chi connectivity index (χ0n) is 7.48. The van der Waals surface area contributed by atoms with Gasteiger partial charge in [-0.1, -0.05) is 12.1 Å². The van der Waals surface area contributed by atoms with E-state index >= 15 is 0 Å². The van der Waals surface area contributed by atoms with Gasteiger partial charge in [-0.05, 0) is 13.3 Å². The first-order valence-electron chi connectivity index (χ1n) is 4.09. The van der Waals surface area contributed by atoms with Crippen LogP contribution in [0, 0.1) is 11.8 Å². The van der Waals surface area contributed by atoms with Gasteiger partial charge in [0, 0.05) is 0 Å². The summed E-state index contributed by atoms with van der Waals surface area (Å²) < 4.78 is 0. The first-order valence-corrected chi connectivity index (χ1v) is 4.09. The highest BCUT2D eigenvalue weighted by molar-refractivity contribution is 6.12. The molecule has 0 radical (unpaired) electrons. The van der Waals surface area contributed by atoms with Crippen molar-refractivity contribution >= 4 is 17.7 Å². The Morgan fingerprint density at radius 2 is 2.38 bits per heavy atom. The normalized spacial score (nSPS) is 23.7. The molecule has 0 aliphatic carbocycles. The Labute approximate surface area is 75.4 Å². The molecular weight excluding hydrogens is 174 g/mol. The molecule has 1 rings (SSSR count). The van der Waals surface area contributed by atoms with E-state index in [0.29, 0.717) is 12.1 Å². The van der Waals surface area contributed by atoms with Crippen molar-refractivity contribution in [1.29, 1.82) is 0 Å². The standard InChI is InChI=1S/C8H11NO4/c1-3-5(7(10)11)6-4(2)8(12)13-9-6/h4-5H,3H2,1-2H3,(H,10,11). The quantitative estimate of drug-likeness (QED) is 0.655. The number of carboxylic acid groups (broad SMARTS) is 1. The highest BCUT2D eigenvalue weighted by Gasteiger charge is 2.36. The average Bonchev–Trinajstić information content (AvgIpc) is 2.37. The van der Waals surface area contributed by atoms with E-state index in [4.69, 9.17) is 5.11 Å². The Kier molecular flexibility index (Phi) is 2.65. The number of aliphatic carboxylic acids is 1. The second-order valence-corrected chi connectivity index (χ2v) is 2.95. The van der Waals surface area contributed by atoms with Crippen LogP contribution < -0.4 is 0 Å². The van der Waals surface area contributed by atoms with E-state index in [9.17, 15) is 9.59 Å². The number of hydrogen-bond donors (Lipinski definition) is 1. The Hall–Kier alpha value is -1.39. The molecule has 0 amide bonds. The van der Waals surface area contributed by atoms with Crippen molar-refractivity contribution in [3.8, 4) is 0 Å². The molecular formula is C8H11NO4. The van der Waals surface area contributed by atoms with Gasteiger partial charge in [-0.3, -0.25) is 4.79 Å². The number of carbonyl (C=O) groups excluding carboxylic acids is 1. The van der Waals surface area contributed by atoms with Crippen LogP contribution in [0.2, 0.25) is 0 Å². The molecule has 1 N–H and O–H groups in total. The zero-order chi connectivity index (χ0) is 10.0. The van der Waals surface area contributed by atoms with E-state index in [1.54, 1.807) is 13.8 Å². The number of carbonyl (C=O) groups is 2. The van der Waals surface area contributed by atoms with Crippen LogP contribution in [0.25, 0.3) is 0 Å². The van der Waals surface area contributed by atoms with Gasteiger partial charge in [-0.25, -0.2) is 4.79 Å². The fourth-order valence-corrected chi connectivity index (χ4v) is 1.25. The van der Waals surface area contributed by atoms with Crippen LogP contribution in [0.3, 0.4) is 0 Å². The number of oxime groups is 1. The Morgan fingerprint density at radius 3 is 2.69 bits per heavy atom. The summed E-state index contributed by atoms with van der Waals surface area (Å²) in [5.41, 5.74) is 0.319. The molecule has 2 unspecified atom stereocenters. The predicted octanol–water partition coefficient (Wildman–Crippen LogP) is 0.646. The van der Waals surface area contributed by atoms with Crippen LogP contribution in [0.4, 0.5) is 0 Å². The molecule has 0 aromatic heterocycles. The lowest BCUT2D eigenvalue weighted by atomic mass is 9.92. The van der Waals surface area contributed by atoms with E-state index in [-0.39, 0.29) is 0 Å². The van der Waals surface area contributed by atoms with E-state index in [1.807, 2.05) is 0 Å². The van der Waals surface area contributed by atoms with Crippen LogP contribution in [0.15, 0.2) is 5.16 Å². The third-order valence-electron chi connectivity index (χ3n) is 2.10. The third kappa shape index (κ3) is 1.68. The van der Waals surface area contributed by atoms with Crippen molar-refractivity contribution in [2.75, 3.05) is 0 Å². The lowest BCUT2D eigenvalue weighted by Gasteiger charge is -2.09. The molecule has 0 bridgehead atoms. The summed E-state index contributed by atoms with van der Waals surface area (Å²) in [6.45, 7) is 3.33. The van der Waals surface area contributed by atoms with Gasteiger partial charge in [0.2, 0.25) is 0 Å². The lowest BCUT2D eigenvalue weighted by Crippen LogP contribution is -2.28. The van der Waals surface area contributed by atoms with Crippen molar-refractivity contribution in [3.05, 3.63) is 0 Å². The second kappa shape index (κ2) is 3.55. The summed E-state index contributed by atoms with van der Waals surface area (Å²) >= 11 is 0. The highest BCUT2D eigenvalue weighted by Crippen LogP contribution is 2.20. The molecule has 1 aliphatic rings. The van der Waals surface area contributed by atoms with Crippen LogP contribution in [0.1, 0.15) is 20.3 Å². The SMILES string of the molecule is CCC(C(=O)O)C1=NOC(=O)C1C. The molecule has 0 aromatic carbocycles. The molecule has 1 aliphatic heterocycles. The molecule has 5 heteroatoms. The van der Waals surface area contributed by atoms with E-state index in [1.165, 1.54) is 0 Å². The minimum Gasteiger partial charge on any atom is -0.481 e. The lowest BCUT2D eigenvalue weighted by molar-refractivity contribution is -0.143. The van der Waals surface area contributed by atoms with Crippen molar-refractivity contribution in [3.63, 3.8) is 0 Å². The Bertz CT molecular complexity index is 271. The van der Waals surface area contributed by atoms with Gasteiger partial charge >= 0.3 is 11.9 Å². The van der Waals surface area contributed by atoms with Gasteiger partial charge in [0.05, 0.1) is 17.5 Å². The molecule has 0 saturated carbocycles. The van der Waals surface area contributed by atoms with Crippen molar-refractivity contribution in [2.24, 2.45) is 17.0 Å². The van der Waals surface area contributed by atoms with E-state index in [2.05, 4.69) is 9.99 Å². The van der Waals surface area contributed by atoms with Gasteiger partial charge in [0.1, 0.15) is 0 Å². The van der Waals surface area contributed by atoms with Gasteiger partial charge < -0.3 is 9.94 Å². The van der Waals surface area contributed by atoms with Gasteiger partial charge in [0.15, 0.2) is 0 Å². The minimum absolute atomic E-state index is 0.319. The van der Waals surface area contributed by atoms with E-state index in [0.717, 1.165) is 0 Å². The molecule has 72 valence electrons. The molecule has 5 nitrogen and oxygen atoms in total. The fraction of sp³-hybridized carbons (Fsp3) is 0.625. The Balaban J connectivity index is 2.82. The highest BCUT2D eigenvalue weighted by atomic mass is 16.7. The van der Waals surface area contributed by atoms with Crippen molar-refractivity contribution in [1.82, 2.24) is 0 Å². The van der Waals surface area contributed by atoms with Crippen LogP contribution in [0.5, 0.6) is 0 Å². The van der Waals surface area contributed by atoms with E-state index < -0.39 is 23.8 Å². The number of carboxylic acids is 1. The van der Waals surface area contributed by atoms with Crippen molar-refractivity contribution in [2.45, 2.75) is 20.3 Å². The molecule has 0 aromatic rings. The molecule has 1 heterocycles. The topological polar surface area (TPSA) is 76.0 Å². The molecule has 2 atom stereocenters. The largest absolute Gasteiger partial charge is 0.481 e. The zero-order valence-corrected chi connectivity index (χ0v) is 7.48. The maximum Gasteiger partial charge on any atom is 0.343 e. The van der Waals surface area contributed by atoms with Crippen LogP contribution in [-0.2, 0) is 14.4 Å². The Morgan fingerprint density at radius 1 is 1.77 bits per heavy atom. The van der Waals surface area contributed by atoms with Crippen LogP contribution >= 0.6 is 0 Å². The predicted molar refractivity (Wildman–Crippen MR) is 44.1 cm³/mol. The van der Waals surface area contributed by atoms with Crippen LogP contribution in [-0.4, -0.2) is 22.8 Å². The van der Waals surface area contributed by atoms with Gasteiger partial charge in [0.25, 0.3) is 0 Å². The summed E-state index contributed by atoms with van der Waals surface area (Å²) in [5.74, 6) is -2.68. The summed E-state index contributed by atoms with van der Waals surface area (Å²) in [4.78, 5) is 26.0. The number of nitrogens with zero attached hydrogens (tertiary/aromatic N) is 1. The minimum atomic E-state index is -0.966. The molecule has 0 saturated heterocycles. The average molecular weight is 185 g/mol. The maximum absolute atomic E-state index is 10.9. The van der Waals surface area contributed by atoms with Crippen molar-refractivity contribution < 1.29 is 19.5 Å².